The van der Waals surface area contributed by atoms with Crippen LogP contribution in [0.5, 0.6) is 0 Å². The first kappa shape index (κ1) is 10.1. The highest BCUT2D eigenvalue weighted by atomic mass is 19.2. The standard InChI is InChI=1S/C9H10F2O2/c1-13-9(12)5-6-2-3-7(10)8(11)4-6/h2-4,9,12H,5H2,1H3. The van der Waals surface area contributed by atoms with E-state index in [1.807, 2.05) is 0 Å². The Labute approximate surface area is 74.8 Å². The smallest absolute Gasteiger partial charge is 0.159 e. The van der Waals surface area contributed by atoms with Crippen molar-refractivity contribution in [3.8, 4) is 0 Å². The van der Waals surface area contributed by atoms with Gasteiger partial charge in [0.15, 0.2) is 17.9 Å². The van der Waals surface area contributed by atoms with Crippen LogP contribution in [0.1, 0.15) is 5.56 Å². The highest BCUT2D eigenvalue weighted by Crippen LogP contribution is 2.10. The van der Waals surface area contributed by atoms with Crippen molar-refractivity contribution in [3.63, 3.8) is 0 Å². The van der Waals surface area contributed by atoms with E-state index in [2.05, 4.69) is 4.74 Å². The fraction of sp³-hybridized carbons (Fsp3) is 0.333. The van der Waals surface area contributed by atoms with Crippen molar-refractivity contribution in [2.45, 2.75) is 12.7 Å². The maximum Gasteiger partial charge on any atom is 0.159 e. The van der Waals surface area contributed by atoms with Crippen molar-refractivity contribution in [2.24, 2.45) is 0 Å². The van der Waals surface area contributed by atoms with Crippen molar-refractivity contribution < 1.29 is 18.6 Å². The highest BCUT2D eigenvalue weighted by Gasteiger charge is 2.06. The van der Waals surface area contributed by atoms with Gasteiger partial charge in [0, 0.05) is 13.5 Å². The van der Waals surface area contributed by atoms with Crippen LogP contribution >= 0.6 is 0 Å². The molecule has 1 rings (SSSR count). The van der Waals surface area contributed by atoms with Crippen molar-refractivity contribution in [1.29, 1.82) is 0 Å². The zero-order valence-corrected chi connectivity index (χ0v) is 7.13. The summed E-state index contributed by atoms with van der Waals surface area (Å²) in [5.74, 6) is -1.81. The van der Waals surface area contributed by atoms with E-state index in [1.54, 1.807) is 0 Å². The maximum atomic E-state index is 12.6. The van der Waals surface area contributed by atoms with Gasteiger partial charge in [-0.3, -0.25) is 0 Å². The van der Waals surface area contributed by atoms with Gasteiger partial charge < -0.3 is 9.84 Å². The van der Waals surface area contributed by atoms with Gasteiger partial charge in [0.05, 0.1) is 0 Å². The molecule has 0 amide bonds. The molecule has 1 aromatic rings. The molecule has 1 aromatic carbocycles. The Morgan fingerprint density at radius 1 is 1.38 bits per heavy atom. The second-order valence-corrected chi connectivity index (χ2v) is 2.64. The van der Waals surface area contributed by atoms with Crippen LogP contribution in [-0.4, -0.2) is 18.5 Å². The van der Waals surface area contributed by atoms with Crippen LogP contribution < -0.4 is 0 Å². The Morgan fingerprint density at radius 2 is 2.08 bits per heavy atom. The van der Waals surface area contributed by atoms with Gasteiger partial charge in [-0.2, -0.15) is 0 Å². The van der Waals surface area contributed by atoms with Gasteiger partial charge in [-0.05, 0) is 17.7 Å². The molecule has 13 heavy (non-hydrogen) atoms. The third-order valence-corrected chi connectivity index (χ3v) is 1.67. The molecule has 0 aromatic heterocycles. The molecule has 1 unspecified atom stereocenters. The summed E-state index contributed by atoms with van der Waals surface area (Å²) in [5, 5.41) is 9.03. The molecular weight excluding hydrogens is 178 g/mol. The van der Waals surface area contributed by atoms with E-state index in [1.165, 1.54) is 13.2 Å². The summed E-state index contributed by atoms with van der Waals surface area (Å²) in [6.07, 6.45) is -0.835. The average molecular weight is 188 g/mol. The van der Waals surface area contributed by atoms with Crippen molar-refractivity contribution >= 4 is 0 Å². The minimum absolute atomic E-state index is 0.147. The monoisotopic (exact) mass is 188 g/mol. The molecular formula is C9H10F2O2. The van der Waals surface area contributed by atoms with E-state index in [4.69, 9.17) is 5.11 Å². The molecule has 0 saturated carbocycles. The number of aliphatic hydroxyl groups is 1. The lowest BCUT2D eigenvalue weighted by atomic mass is 10.1. The van der Waals surface area contributed by atoms with Gasteiger partial charge >= 0.3 is 0 Å². The normalized spacial score (nSPS) is 12.9. The first-order chi connectivity index (χ1) is 6.13. The molecule has 0 aliphatic heterocycles. The molecule has 0 bridgehead atoms. The van der Waals surface area contributed by atoms with Crippen LogP contribution in [0.25, 0.3) is 0 Å². The molecule has 0 fully saturated rings. The van der Waals surface area contributed by atoms with E-state index < -0.39 is 17.9 Å². The number of hydrogen-bond acceptors (Lipinski definition) is 2. The lowest BCUT2D eigenvalue weighted by Gasteiger charge is -2.07. The van der Waals surface area contributed by atoms with Crippen molar-refractivity contribution in [1.82, 2.24) is 0 Å². The van der Waals surface area contributed by atoms with Crippen LogP contribution in [-0.2, 0) is 11.2 Å². The molecule has 4 heteroatoms. The van der Waals surface area contributed by atoms with Gasteiger partial charge in [0.1, 0.15) is 0 Å². The zero-order valence-electron chi connectivity index (χ0n) is 7.13. The quantitative estimate of drug-likeness (QED) is 0.728. The summed E-state index contributed by atoms with van der Waals surface area (Å²) in [7, 11) is 1.34. The number of benzene rings is 1. The molecule has 2 nitrogen and oxygen atoms in total. The molecule has 72 valence electrons. The van der Waals surface area contributed by atoms with E-state index in [0.717, 1.165) is 12.1 Å². The summed E-state index contributed by atoms with van der Waals surface area (Å²) in [4.78, 5) is 0. The second-order valence-electron chi connectivity index (χ2n) is 2.64. The molecule has 0 saturated heterocycles. The van der Waals surface area contributed by atoms with E-state index in [9.17, 15) is 8.78 Å². The summed E-state index contributed by atoms with van der Waals surface area (Å²) in [6, 6.07) is 3.46. The maximum absolute atomic E-state index is 12.6. The first-order valence-corrected chi connectivity index (χ1v) is 3.78. The molecule has 0 spiro atoms. The van der Waals surface area contributed by atoms with Gasteiger partial charge in [-0.15, -0.1) is 0 Å². The van der Waals surface area contributed by atoms with Gasteiger partial charge in [0.2, 0.25) is 0 Å². The minimum atomic E-state index is -0.982. The van der Waals surface area contributed by atoms with E-state index in [0.29, 0.717) is 5.56 Å². The van der Waals surface area contributed by atoms with Crippen LogP contribution in [0.3, 0.4) is 0 Å². The summed E-state index contributed by atoms with van der Waals surface area (Å²) in [5.41, 5.74) is 0.494. The second kappa shape index (κ2) is 4.30. The van der Waals surface area contributed by atoms with Crippen molar-refractivity contribution in [3.05, 3.63) is 35.4 Å². The average Bonchev–Trinajstić information content (AvgIpc) is 2.11. The third kappa shape index (κ3) is 2.75. The van der Waals surface area contributed by atoms with Gasteiger partial charge in [0.25, 0.3) is 0 Å². The Balaban J connectivity index is 2.73. The molecule has 0 aliphatic rings. The first-order valence-electron chi connectivity index (χ1n) is 3.78. The van der Waals surface area contributed by atoms with Crippen LogP contribution in [0.2, 0.25) is 0 Å². The molecule has 1 atom stereocenters. The highest BCUT2D eigenvalue weighted by molar-refractivity contribution is 5.18. The fourth-order valence-electron chi connectivity index (χ4n) is 0.952. The molecule has 0 heterocycles. The number of rotatable bonds is 3. The topological polar surface area (TPSA) is 29.5 Å². The van der Waals surface area contributed by atoms with Crippen LogP contribution in [0.15, 0.2) is 18.2 Å². The minimum Gasteiger partial charge on any atom is -0.368 e. The largest absolute Gasteiger partial charge is 0.368 e. The van der Waals surface area contributed by atoms with Gasteiger partial charge in [-0.25, -0.2) is 8.78 Å². The lowest BCUT2D eigenvalue weighted by molar-refractivity contribution is -0.0720. The number of ether oxygens (including phenoxy) is 1. The zero-order chi connectivity index (χ0) is 9.84. The molecule has 0 radical (unpaired) electrons. The Bertz CT molecular complexity index is 289. The summed E-state index contributed by atoms with van der Waals surface area (Å²) >= 11 is 0. The molecule has 1 N–H and O–H groups in total. The summed E-state index contributed by atoms with van der Waals surface area (Å²) < 4.78 is 29.6. The summed E-state index contributed by atoms with van der Waals surface area (Å²) in [6.45, 7) is 0. The van der Waals surface area contributed by atoms with Gasteiger partial charge in [-0.1, -0.05) is 6.07 Å². The number of methoxy groups -OCH3 is 1. The third-order valence-electron chi connectivity index (χ3n) is 1.67. The number of aliphatic hydroxyl groups excluding tert-OH is 1. The molecule has 0 aliphatic carbocycles. The Kier molecular flexibility index (Phi) is 3.33. The predicted octanol–water partition coefficient (Wildman–Crippen LogP) is 1.47. The van der Waals surface area contributed by atoms with Crippen LogP contribution in [0, 0.1) is 11.6 Å². The Hall–Kier alpha value is -1.00. The lowest BCUT2D eigenvalue weighted by Crippen LogP contribution is -2.12. The fourth-order valence-corrected chi connectivity index (χ4v) is 0.952. The number of halogens is 2. The SMILES string of the molecule is COC(O)Cc1ccc(F)c(F)c1. The van der Waals surface area contributed by atoms with E-state index in [-0.39, 0.29) is 6.42 Å². The van der Waals surface area contributed by atoms with E-state index >= 15 is 0 Å². The predicted molar refractivity (Wildman–Crippen MR) is 43.1 cm³/mol. The number of hydrogen-bond donors (Lipinski definition) is 1. The Morgan fingerprint density at radius 3 is 2.62 bits per heavy atom. The van der Waals surface area contributed by atoms with Crippen LogP contribution in [0.4, 0.5) is 8.78 Å². The van der Waals surface area contributed by atoms with Crippen molar-refractivity contribution in [2.75, 3.05) is 7.11 Å².